The number of carbonyl (C=O) groups excluding carboxylic acids is 1. The predicted molar refractivity (Wildman–Crippen MR) is 95.8 cm³/mol. The Bertz CT molecular complexity index is 884. The lowest BCUT2D eigenvalue weighted by Gasteiger charge is -2.16. The second-order valence-corrected chi connectivity index (χ2v) is 8.51. The molecule has 0 unspecified atom stereocenters. The molecular weight excluding hydrogens is 336 g/mol. The molecule has 0 radical (unpaired) electrons. The van der Waals surface area contributed by atoms with Crippen LogP contribution in [0.3, 0.4) is 0 Å². The van der Waals surface area contributed by atoms with Crippen LogP contribution in [0.1, 0.15) is 31.2 Å². The molecular formula is C19H20N2O3S. The van der Waals surface area contributed by atoms with Crippen LogP contribution < -0.4 is 10.0 Å². The highest BCUT2D eigenvalue weighted by atomic mass is 32.2. The number of anilines is 1. The highest BCUT2D eigenvalue weighted by molar-refractivity contribution is 7.92. The normalized spacial score (nSPS) is 18.4. The average molecular weight is 356 g/mol. The number of amides is 1. The Balaban J connectivity index is 1.50. The van der Waals surface area contributed by atoms with Gasteiger partial charge in [-0.2, -0.15) is 0 Å². The molecule has 5 nitrogen and oxygen atoms in total. The van der Waals surface area contributed by atoms with E-state index in [4.69, 9.17) is 0 Å². The van der Waals surface area contributed by atoms with Gasteiger partial charge in [-0.25, -0.2) is 8.42 Å². The molecule has 0 spiro atoms. The van der Waals surface area contributed by atoms with Gasteiger partial charge in [-0.05, 0) is 55.5 Å². The van der Waals surface area contributed by atoms with Crippen molar-refractivity contribution in [2.24, 2.45) is 0 Å². The van der Waals surface area contributed by atoms with Crippen molar-refractivity contribution in [3.05, 3.63) is 60.2 Å². The van der Waals surface area contributed by atoms with Crippen molar-refractivity contribution < 1.29 is 13.2 Å². The third kappa shape index (κ3) is 3.26. The van der Waals surface area contributed by atoms with Crippen molar-refractivity contribution >= 4 is 21.6 Å². The molecule has 2 saturated carbocycles. The molecule has 2 aromatic carbocycles. The number of nitrogens with one attached hydrogen (secondary N) is 2. The number of sulfonamides is 1. The van der Waals surface area contributed by atoms with Crippen LogP contribution >= 0.6 is 0 Å². The minimum atomic E-state index is -3.60. The average Bonchev–Trinajstić information content (AvgIpc) is 3.51. The number of hydrogen-bond acceptors (Lipinski definition) is 3. The molecule has 6 heteroatoms. The summed E-state index contributed by atoms with van der Waals surface area (Å²) in [4.78, 5) is 12.7. The van der Waals surface area contributed by atoms with E-state index in [0.717, 1.165) is 31.2 Å². The fraction of sp³-hybridized carbons (Fsp3) is 0.316. The van der Waals surface area contributed by atoms with Crippen molar-refractivity contribution in [2.45, 2.75) is 42.0 Å². The highest BCUT2D eigenvalue weighted by Crippen LogP contribution is 2.49. The molecule has 2 aromatic rings. The molecule has 0 heterocycles. The lowest BCUT2D eigenvalue weighted by atomic mass is 9.95. The summed E-state index contributed by atoms with van der Waals surface area (Å²) in [5.41, 5.74) is 1.03. The predicted octanol–water partition coefficient (Wildman–Crippen LogP) is 2.80. The fourth-order valence-corrected chi connectivity index (χ4v) is 4.07. The monoisotopic (exact) mass is 356 g/mol. The quantitative estimate of drug-likeness (QED) is 0.836. The summed E-state index contributed by atoms with van der Waals surface area (Å²) in [7, 11) is -3.60. The van der Waals surface area contributed by atoms with Crippen LogP contribution in [0, 0.1) is 0 Å². The molecule has 2 aliphatic rings. The molecule has 2 N–H and O–H groups in total. The lowest BCUT2D eigenvalue weighted by Crippen LogP contribution is -2.36. The van der Waals surface area contributed by atoms with Gasteiger partial charge in [-0.1, -0.05) is 30.3 Å². The molecule has 0 atom stereocenters. The van der Waals surface area contributed by atoms with Crippen LogP contribution in [0.5, 0.6) is 0 Å². The van der Waals surface area contributed by atoms with E-state index in [-0.39, 0.29) is 10.8 Å². The maximum absolute atomic E-state index is 12.5. The van der Waals surface area contributed by atoms with Gasteiger partial charge in [0.05, 0.1) is 10.3 Å². The number of rotatable bonds is 6. The first-order valence-corrected chi connectivity index (χ1v) is 9.97. The number of hydrogen-bond donors (Lipinski definition) is 2. The Morgan fingerprint density at radius 2 is 1.60 bits per heavy atom. The molecule has 0 saturated heterocycles. The minimum Gasteiger partial charge on any atom is -0.353 e. The minimum absolute atomic E-state index is 0.104. The highest BCUT2D eigenvalue weighted by Gasteiger charge is 2.52. The number of carbonyl (C=O) groups is 1. The second-order valence-electron chi connectivity index (χ2n) is 6.83. The largest absolute Gasteiger partial charge is 0.353 e. The van der Waals surface area contributed by atoms with Gasteiger partial charge in [-0.15, -0.1) is 0 Å². The zero-order valence-electron chi connectivity index (χ0n) is 13.7. The van der Waals surface area contributed by atoms with Gasteiger partial charge in [0.25, 0.3) is 10.0 Å². The van der Waals surface area contributed by atoms with E-state index in [1.165, 1.54) is 0 Å². The van der Waals surface area contributed by atoms with Crippen molar-refractivity contribution in [3.63, 3.8) is 0 Å². The molecule has 0 aromatic heterocycles. The molecule has 4 rings (SSSR count). The Kier molecular flexibility index (Phi) is 3.80. The first-order chi connectivity index (χ1) is 12.0. The van der Waals surface area contributed by atoms with Gasteiger partial charge in [0.2, 0.25) is 5.91 Å². The van der Waals surface area contributed by atoms with Crippen LogP contribution in [0.15, 0.2) is 59.5 Å². The first kappa shape index (κ1) is 16.1. The van der Waals surface area contributed by atoms with E-state index in [9.17, 15) is 13.2 Å². The summed E-state index contributed by atoms with van der Waals surface area (Å²) in [6.45, 7) is 0. The van der Waals surface area contributed by atoms with Crippen molar-refractivity contribution in [1.29, 1.82) is 0 Å². The summed E-state index contributed by atoms with van der Waals surface area (Å²) in [6.07, 6.45) is 3.84. The fourth-order valence-electron chi connectivity index (χ4n) is 2.99. The topological polar surface area (TPSA) is 75.3 Å². The van der Waals surface area contributed by atoms with Gasteiger partial charge in [0.1, 0.15) is 0 Å². The van der Waals surface area contributed by atoms with E-state index in [0.29, 0.717) is 11.7 Å². The van der Waals surface area contributed by atoms with Crippen LogP contribution in [-0.2, 0) is 20.2 Å². The van der Waals surface area contributed by atoms with E-state index in [2.05, 4.69) is 10.0 Å². The van der Waals surface area contributed by atoms with Crippen molar-refractivity contribution in [3.8, 4) is 0 Å². The Morgan fingerprint density at radius 1 is 0.960 bits per heavy atom. The van der Waals surface area contributed by atoms with Crippen LogP contribution in [0.2, 0.25) is 0 Å². The van der Waals surface area contributed by atoms with Gasteiger partial charge >= 0.3 is 0 Å². The Hall–Kier alpha value is -2.34. The molecule has 2 fully saturated rings. The SMILES string of the molecule is O=C(NC1CC1)C1(c2ccc(NS(=O)(=O)c3ccccc3)cc2)CC1. The molecule has 0 aliphatic heterocycles. The molecule has 2 aliphatic carbocycles. The zero-order chi connectivity index (χ0) is 17.5. The van der Waals surface area contributed by atoms with E-state index < -0.39 is 15.4 Å². The van der Waals surface area contributed by atoms with Gasteiger partial charge in [0.15, 0.2) is 0 Å². The summed E-state index contributed by atoms with van der Waals surface area (Å²) < 4.78 is 27.3. The van der Waals surface area contributed by atoms with Gasteiger partial charge < -0.3 is 5.32 Å². The summed E-state index contributed by atoms with van der Waals surface area (Å²) >= 11 is 0. The van der Waals surface area contributed by atoms with E-state index in [1.54, 1.807) is 42.5 Å². The maximum Gasteiger partial charge on any atom is 0.261 e. The van der Waals surface area contributed by atoms with Crippen molar-refractivity contribution in [1.82, 2.24) is 5.32 Å². The molecule has 130 valence electrons. The van der Waals surface area contributed by atoms with Crippen LogP contribution in [-0.4, -0.2) is 20.4 Å². The lowest BCUT2D eigenvalue weighted by molar-refractivity contribution is -0.123. The summed E-state index contributed by atoms with van der Waals surface area (Å²) in [5.74, 6) is 0.104. The smallest absolute Gasteiger partial charge is 0.261 e. The summed E-state index contributed by atoms with van der Waals surface area (Å²) in [5, 5.41) is 3.08. The standard InChI is InChI=1S/C19H20N2O3S/c22-18(20-15-10-11-15)19(12-13-19)14-6-8-16(9-7-14)21-25(23,24)17-4-2-1-3-5-17/h1-9,15,21H,10-13H2,(H,20,22). The third-order valence-electron chi connectivity index (χ3n) is 4.84. The van der Waals surface area contributed by atoms with Crippen molar-refractivity contribution in [2.75, 3.05) is 4.72 Å². The molecule has 0 bridgehead atoms. The first-order valence-electron chi connectivity index (χ1n) is 8.49. The zero-order valence-corrected chi connectivity index (χ0v) is 14.6. The molecule has 25 heavy (non-hydrogen) atoms. The maximum atomic E-state index is 12.5. The van der Waals surface area contributed by atoms with Crippen LogP contribution in [0.25, 0.3) is 0 Å². The van der Waals surface area contributed by atoms with E-state index in [1.807, 2.05) is 12.1 Å². The summed E-state index contributed by atoms with van der Waals surface area (Å²) in [6, 6.07) is 15.7. The van der Waals surface area contributed by atoms with E-state index >= 15 is 0 Å². The molecule has 1 amide bonds. The van der Waals surface area contributed by atoms with Gasteiger partial charge in [-0.3, -0.25) is 9.52 Å². The Labute approximate surface area is 147 Å². The second kappa shape index (κ2) is 5.88. The third-order valence-corrected chi connectivity index (χ3v) is 6.24. The Morgan fingerprint density at radius 3 is 2.16 bits per heavy atom. The van der Waals surface area contributed by atoms with Gasteiger partial charge in [0, 0.05) is 11.7 Å². The van der Waals surface area contributed by atoms with Crippen LogP contribution in [0.4, 0.5) is 5.69 Å². The number of benzene rings is 2.